The number of hydrogen-bond acceptors (Lipinski definition) is 3. The van der Waals surface area contributed by atoms with Gasteiger partial charge in [-0.05, 0) is 32.7 Å². The molecule has 0 rings (SSSR count). The van der Waals surface area contributed by atoms with Crippen molar-refractivity contribution in [1.82, 2.24) is 0 Å². The van der Waals surface area contributed by atoms with Crippen LogP contribution in [0.1, 0.15) is 46.0 Å². The van der Waals surface area contributed by atoms with Crippen molar-refractivity contribution in [3.8, 4) is 0 Å². The van der Waals surface area contributed by atoms with E-state index in [1.165, 1.54) is 0 Å². The fourth-order valence-corrected chi connectivity index (χ4v) is 1.52. The molecular formula is C11H23NO2. The quantitative estimate of drug-likeness (QED) is 0.483. The molecule has 0 aliphatic carbocycles. The van der Waals surface area contributed by atoms with Crippen molar-refractivity contribution in [2.45, 2.75) is 46.0 Å². The van der Waals surface area contributed by atoms with Crippen molar-refractivity contribution in [3.05, 3.63) is 0 Å². The van der Waals surface area contributed by atoms with E-state index in [1.807, 2.05) is 6.92 Å². The summed E-state index contributed by atoms with van der Waals surface area (Å²) in [4.78, 5) is 11.5. The van der Waals surface area contributed by atoms with Crippen molar-refractivity contribution < 1.29 is 9.53 Å². The number of rotatable bonds is 8. The van der Waals surface area contributed by atoms with Gasteiger partial charge in [0.1, 0.15) is 0 Å². The van der Waals surface area contributed by atoms with Crippen LogP contribution < -0.4 is 5.73 Å². The molecule has 0 aliphatic rings. The topological polar surface area (TPSA) is 52.3 Å². The van der Waals surface area contributed by atoms with Gasteiger partial charge in [-0.2, -0.15) is 0 Å². The average molecular weight is 201 g/mol. The van der Waals surface area contributed by atoms with E-state index in [0.29, 0.717) is 13.2 Å². The molecule has 1 atom stereocenters. The molecule has 0 unspecified atom stereocenters. The standard InChI is InChI=1S/C11H23NO2/c1-3-7-10(8-5-6-9-12)11(13)14-4-2/h10H,3-9,12H2,1-2H3/t10-/m1/s1. The maximum atomic E-state index is 11.5. The lowest BCUT2D eigenvalue weighted by atomic mass is 9.97. The second-order valence-electron chi connectivity index (χ2n) is 3.52. The fourth-order valence-electron chi connectivity index (χ4n) is 1.52. The predicted molar refractivity (Wildman–Crippen MR) is 57.9 cm³/mol. The Morgan fingerprint density at radius 3 is 2.50 bits per heavy atom. The lowest BCUT2D eigenvalue weighted by molar-refractivity contribution is -0.148. The van der Waals surface area contributed by atoms with Gasteiger partial charge >= 0.3 is 5.97 Å². The summed E-state index contributed by atoms with van der Waals surface area (Å²) < 4.78 is 5.02. The molecule has 0 saturated heterocycles. The number of nitrogens with two attached hydrogens (primary N) is 1. The number of esters is 1. The number of unbranched alkanes of at least 4 members (excludes halogenated alkanes) is 1. The SMILES string of the molecule is CCC[C@H](CCCCN)C(=O)OCC. The Morgan fingerprint density at radius 1 is 1.29 bits per heavy atom. The molecule has 0 aromatic heterocycles. The van der Waals surface area contributed by atoms with Gasteiger partial charge in [-0.3, -0.25) is 4.79 Å². The van der Waals surface area contributed by atoms with Gasteiger partial charge in [-0.25, -0.2) is 0 Å². The summed E-state index contributed by atoms with van der Waals surface area (Å²) in [6.07, 6.45) is 4.92. The minimum absolute atomic E-state index is 0.0358. The van der Waals surface area contributed by atoms with Gasteiger partial charge in [-0.1, -0.05) is 19.8 Å². The maximum absolute atomic E-state index is 11.5. The normalized spacial score (nSPS) is 12.5. The Kier molecular flexibility index (Phi) is 8.64. The van der Waals surface area contributed by atoms with Crippen LogP contribution in [0, 0.1) is 5.92 Å². The smallest absolute Gasteiger partial charge is 0.308 e. The van der Waals surface area contributed by atoms with Crippen molar-refractivity contribution in [3.63, 3.8) is 0 Å². The zero-order valence-electron chi connectivity index (χ0n) is 9.42. The molecule has 0 heterocycles. The van der Waals surface area contributed by atoms with Crippen molar-refractivity contribution in [2.75, 3.05) is 13.2 Å². The highest BCUT2D eigenvalue weighted by molar-refractivity contribution is 5.72. The molecule has 0 fully saturated rings. The number of carbonyl (C=O) groups is 1. The molecule has 0 aliphatic heterocycles. The Labute approximate surface area is 87.0 Å². The Balaban J connectivity index is 3.81. The van der Waals surface area contributed by atoms with Crippen LogP contribution >= 0.6 is 0 Å². The summed E-state index contributed by atoms with van der Waals surface area (Å²) in [7, 11) is 0. The maximum Gasteiger partial charge on any atom is 0.308 e. The van der Waals surface area contributed by atoms with E-state index < -0.39 is 0 Å². The van der Waals surface area contributed by atoms with Crippen LogP contribution in [0.2, 0.25) is 0 Å². The second kappa shape index (κ2) is 9.00. The van der Waals surface area contributed by atoms with Crippen LogP contribution in [-0.4, -0.2) is 19.1 Å². The summed E-state index contributed by atoms with van der Waals surface area (Å²) in [6, 6.07) is 0. The lowest BCUT2D eigenvalue weighted by Crippen LogP contribution is -2.18. The van der Waals surface area contributed by atoms with Crippen molar-refractivity contribution in [2.24, 2.45) is 11.7 Å². The Morgan fingerprint density at radius 2 is 2.00 bits per heavy atom. The third-order valence-corrected chi connectivity index (χ3v) is 2.26. The third kappa shape index (κ3) is 5.97. The summed E-state index contributed by atoms with van der Waals surface area (Å²) in [5, 5.41) is 0. The van der Waals surface area contributed by atoms with Crippen LogP contribution in [0.3, 0.4) is 0 Å². The van der Waals surface area contributed by atoms with Crippen LogP contribution in [0.15, 0.2) is 0 Å². The largest absolute Gasteiger partial charge is 0.466 e. The van der Waals surface area contributed by atoms with Crippen LogP contribution in [-0.2, 0) is 9.53 Å². The second-order valence-corrected chi connectivity index (χ2v) is 3.52. The molecule has 3 nitrogen and oxygen atoms in total. The minimum Gasteiger partial charge on any atom is -0.466 e. The molecular weight excluding hydrogens is 178 g/mol. The summed E-state index contributed by atoms with van der Waals surface area (Å²) in [5.41, 5.74) is 5.41. The molecule has 84 valence electrons. The van der Waals surface area contributed by atoms with Crippen LogP contribution in [0.4, 0.5) is 0 Å². The van der Waals surface area contributed by atoms with E-state index in [1.54, 1.807) is 0 Å². The van der Waals surface area contributed by atoms with E-state index in [9.17, 15) is 4.79 Å². The highest BCUT2D eigenvalue weighted by Gasteiger charge is 2.17. The molecule has 14 heavy (non-hydrogen) atoms. The van der Waals surface area contributed by atoms with Crippen molar-refractivity contribution >= 4 is 5.97 Å². The minimum atomic E-state index is -0.0358. The van der Waals surface area contributed by atoms with E-state index in [0.717, 1.165) is 32.1 Å². The molecule has 0 radical (unpaired) electrons. The zero-order valence-corrected chi connectivity index (χ0v) is 9.42. The lowest BCUT2D eigenvalue weighted by Gasteiger charge is -2.13. The van der Waals surface area contributed by atoms with E-state index in [-0.39, 0.29) is 11.9 Å². The van der Waals surface area contributed by atoms with Gasteiger partial charge < -0.3 is 10.5 Å². The molecule has 0 aromatic rings. The average Bonchev–Trinajstić information content (AvgIpc) is 2.17. The van der Waals surface area contributed by atoms with Gasteiger partial charge in [0.2, 0.25) is 0 Å². The summed E-state index contributed by atoms with van der Waals surface area (Å²) in [6.45, 7) is 5.13. The van der Waals surface area contributed by atoms with Gasteiger partial charge in [0.05, 0.1) is 12.5 Å². The highest BCUT2D eigenvalue weighted by atomic mass is 16.5. The first kappa shape index (κ1) is 13.4. The monoisotopic (exact) mass is 201 g/mol. The summed E-state index contributed by atoms with van der Waals surface area (Å²) in [5.74, 6) is 0.0536. The first-order valence-electron chi connectivity index (χ1n) is 5.62. The molecule has 0 saturated carbocycles. The fraction of sp³-hybridized carbons (Fsp3) is 0.909. The van der Waals surface area contributed by atoms with Crippen LogP contribution in [0.5, 0.6) is 0 Å². The highest BCUT2D eigenvalue weighted by Crippen LogP contribution is 2.16. The zero-order chi connectivity index (χ0) is 10.8. The van der Waals surface area contributed by atoms with Gasteiger partial charge in [0, 0.05) is 0 Å². The number of hydrogen-bond donors (Lipinski definition) is 1. The number of carbonyl (C=O) groups excluding carboxylic acids is 1. The van der Waals surface area contributed by atoms with E-state index in [2.05, 4.69) is 6.92 Å². The summed E-state index contributed by atoms with van der Waals surface area (Å²) >= 11 is 0. The first-order valence-corrected chi connectivity index (χ1v) is 5.62. The number of ether oxygens (including phenoxy) is 1. The van der Waals surface area contributed by atoms with Gasteiger partial charge in [0.15, 0.2) is 0 Å². The molecule has 0 bridgehead atoms. The molecule has 3 heteroatoms. The third-order valence-electron chi connectivity index (χ3n) is 2.26. The van der Waals surface area contributed by atoms with Gasteiger partial charge in [-0.15, -0.1) is 0 Å². The Hall–Kier alpha value is -0.570. The van der Waals surface area contributed by atoms with Gasteiger partial charge in [0.25, 0.3) is 0 Å². The predicted octanol–water partition coefficient (Wildman–Crippen LogP) is 2.09. The molecule has 0 spiro atoms. The van der Waals surface area contributed by atoms with E-state index in [4.69, 9.17) is 10.5 Å². The molecule has 0 aromatic carbocycles. The Bertz CT molecular complexity index is 148. The first-order chi connectivity index (χ1) is 6.76. The van der Waals surface area contributed by atoms with Crippen LogP contribution in [0.25, 0.3) is 0 Å². The van der Waals surface area contributed by atoms with E-state index >= 15 is 0 Å². The molecule has 2 N–H and O–H groups in total. The molecule has 0 amide bonds. The van der Waals surface area contributed by atoms with Crippen molar-refractivity contribution in [1.29, 1.82) is 0 Å².